The van der Waals surface area contributed by atoms with Crippen molar-refractivity contribution >= 4 is 28.5 Å². The number of hydrazone groups is 1. The van der Waals surface area contributed by atoms with Gasteiger partial charge in [-0.1, -0.05) is 42.5 Å². The third kappa shape index (κ3) is 4.56. The highest BCUT2D eigenvalue weighted by molar-refractivity contribution is 6.03. The zero-order valence-electron chi connectivity index (χ0n) is 21.3. The molecule has 2 heterocycles. The predicted molar refractivity (Wildman–Crippen MR) is 145 cm³/mol. The van der Waals surface area contributed by atoms with Gasteiger partial charge in [0.05, 0.1) is 24.4 Å². The highest BCUT2D eigenvalue weighted by atomic mass is 16.5. The zero-order chi connectivity index (χ0) is 26.1. The van der Waals surface area contributed by atoms with E-state index >= 15 is 0 Å². The second-order valence-corrected chi connectivity index (χ2v) is 9.77. The van der Waals surface area contributed by atoms with E-state index in [-0.39, 0.29) is 18.6 Å². The zero-order valence-corrected chi connectivity index (χ0v) is 21.3. The molecule has 0 fully saturated rings. The van der Waals surface area contributed by atoms with Crippen LogP contribution in [0.2, 0.25) is 0 Å². The number of aryl methyl sites for hydroxylation is 2. The van der Waals surface area contributed by atoms with Crippen molar-refractivity contribution < 1.29 is 19.1 Å². The molecule has 0 saturated heterocycles. The molecule has 192 valence electrons. The fourth-order valence-electron chi connectivity index (χ4n) is 5.44. The topological polar surface area (TPSA) is 84.0 Å². The maximum atomic E-state index is 13.3. The Labute approximate surface area is 221 Å². The summed E-state index contributed by atoms with van der Waals surface area (Å²) in [5, 5.41) is 7.18. The Morgan fingerprint density at radius 1 is 1.00 bits per heavy atom. The van der Waals surface area contributed by atoms with E-state index in [1.807, 2.05) is 66.7 Å². The van der Waals surface area contributed by atoms with Gasteiger partial charge in [0.2, 0.25) is 0 Å². The molecule has 0 saturated carbocycles. The van der Waals surface area contributed by atoms with Gasteiger partial charge < -0.3 is 14.5 Å². The molecule has 4 aromatic rings. The number of esters is 1. The maximum Gasteiger partial charge on any atom is 0.338 e. The van der Waals surface area contributed by atoms with E-state index in [1.165, 1.54) is 22.7 Å². The van der Waals surface area contributed by atoms with Crippen LogP contribution in [-0.4, -0.2) is 41.3 Å². The summed E-state index contributed by atoms with van der Waals surface area (Å²) < 4.78 is 10.8. The van der Waals surface area contributed by atoms with E-state index in [0.717, 1.165) is 52.8 Å². The van der Waals surface area contributed by atoms with Gasteiger partial charge in [-0.15, -0.1) is 0 Å². The minimum Gasteiger partial charge on any atom is -0.497 e. The van der Waals surface area contributed by atoms with Gasteiger partial charge >= 0.3 is 5.97 Å². The normalized spacial score (nSPS) is 16.7. The van der Waals surface area contributed by atoms with E-state index in [9.17, 15) is 9.59 Å². The Balaban J connectivity index is 1.21. The lowest BCUT2D eigenvalue weighted by Gasteiger charge is -2.22. The lowest BCUT2D eigenvalue weighted by atomic mass is 9.95. The number of hydrogen-bond donors (Lipinski definition) is 1. The molecule has 1 aliphatic carbocycles. The Morgan fingerprint density at radius 2 is 1.79 bits per heavy atom. The van der Waals surface area contributed by atoms with Crippen LogP contribution in [0.1, 0.15) is 58.0 Å². The number of aromatic nitrogens is 1. The van der Waals surface area contributed by atoms with Crippen LogP contribution in [0.15, 0.2) is 77.9 Å². The number of aromatic amines is 1. The molecule has 0 radical (unpaired) electrons. The predicted octanol–water partition coefficient (Wildman–Crippen LogP) is 5.59. The van der Waals surface area contributed by atoms with Crippen LogP contribution in [0.4, 0.5) is 0 Å². The van der Waals surface area contributed by atoms with E-state index in [0.29, 0.717) is 12.0 Å². The van der Waals surface area contributed by atoms with Gasteiger partial charge in [0.15, 0.2) is 6.61 Å². The first kappa shape index (κ1) is 24.0. The van der Waals surface area contributed by atoms with Gasteiger partial charge in [0, 0.05) is 23.0 Å². The first-order chi connectivity index (χ1) is 18.6. The fourth-order valence-corrected chi connectivity index (χ4v) is 5.44. The van der Waals surface area contributed by atoms with Crippen molar-refractivity contribution in [3.05, 3.63) is 101 Å². The van der Waals surface area contributed by atoms with Crippen LogP contribution < -0.4 is 4.74 Å². The Hall–Kier alpha value is -4.39. The van der Waals surface area contributed by atoms with Crippen LogP contribution >= 0.6 is 0 Å². The van der Waals surface area contributed by atoms with Gasteiger partial charge in [-0.3, -0.25) is 4.79 Å². The molecule has 7 nitrogen and oxygen atoms in total. The number of fused-ring (bicyclic) bond motifs is 3. The third-order valence-corrected chi connectivity index (χ3v) is 7.43. The lowest BCUT2D eigenvalue weighted by Crippen LogP contribution is -2.31. The van der Waals surface area contributed by atoms with Crippen LogP contribution in [-0.2, 0) is 22.4 Å². The largest absolute Gasteiger partial charge is 0.497 e. The van der Waals surface area contributed by atoms with Crippen molar-refractivity contribution in [2.75, 3.05) is 13.7 Å². The number of carbonyl (C=O) groups excluding carboxylic acids is 2. The number of hydrogen-bond acceptors (Lipinski definition) is 5. The standard InChI is InChI=1S/C31H29N3O4/c1-37-23-14-11-21(12-15-23)29-18-28(20-7-3-2-4-8-20)33-34(29)30(35)19-38-31(36)22-13-16-27-25(17-22)24-9-5-6-10-26(24)32-27/h2-4,7-8,11-17,29,32H,5-6,9-10,18-19H2,1H3/t29-/m0/s1. The molecule has 7 heteroatoms. The number of nitrogens with one attached hydrogen (secondary N) is 1. The molecule has 1 N–H and O–H groups in total. The smallest absolute Gasteiger partial charge is 0.338 e. The number of benzene rings is 3. The number of H-pyrrole nitrogens is 1. The van der Waals surface area contributed by atoms with E-state index < -0.39 is 5.97 Å². The second kappa shape index (κ2) is 10.2. The molecule has 2 aliphatic rings. The van der Waals surface area contributed by atoms with Crippen LogP contribution in [0, 0.1) is 0 Å². The molecule has 6 rings (SSSR count). The Kier molecular flexibility index (Phi) is 6.42. The summed E-state index contributed by atoms with van der Waals surface area (Å²) in [6.07, 6.45) is 4.94. The summed E-state index contributed by atoms with van der Waals surface area (Å²) in [5.41, 5.74) is 6.74. The molecule has 1 aliphatic heterocycles. The van der Waals surface area contributed by atoms with Crippen LogP contribution in [0.5, 0.6) is 5.75 Å². The monoisotopic (exact) mass is 507 g/mol. The Morgan fingerprint density at radius 3 is 2.58 bits per heavy atom. The van der Waals surface area contributed by atoms with Gasteiger partial charge in [0.1, 0.15) is 5.75 Å². The second-order valence-electron chi connectivity index (χ2n) is 9.77. The summed E-state index contributed by atoms with van der Waals surface area (Å²) in [4.78, 5) is 29.8. The van der Waals surface area contributed by atoms with Crippen LogP contribution in [0.3, 0.4) is 0 Å². The summed E-state index contributed by atoms with van der Waals surface area (Å²) in [6.45, 7) is -0.389. The Bertz CT molecular complexity index is 1520. The van der Waals surface area contributed by atoms with E-state index in [1.54, 1.807) is 13.2 Å². The summed E-state index contributed by atoms with van der Waals surface area (Å²) >= 11 is 0. The van der Waals surface area contributed by atoms with Gasteiger partial charge in [-0.2, -0.15) is 5.10 Å². The molecule has 38 heavy (non-hydrogen) atoms. The van der Waals surface area contributed by atoms with Crippen molar-refractivity contribution in [1.82, 2.24) is 9.99 Å². The van der Waals surface area contributed by atoms with Crippen molar-refractivity contribution in [2.45, 2.75) is 38.1 Å². The molecule has 1 aromatic heterocycles. The molecule has 0 bridgehead atoms. The number of ether oxygens (including phenoxy) is 2. The minimum atomic E-state index is -0.515. The first-order valence-corrected chi connectivity index (χ1v) is 13.0. The lowest BCUT2D eigenvalue weighted by molar-refractivity contribution is -0.136. The third-order valence-electron chi connectivity index (χ3n) is 7.43. The fraction of sp³-hybridized carbons (Fsp3) is 0.258. The van der Waals surface area contributed by atoms with Gasteiger partial charge in [-0.05, 0) is 72.7 Å². The molecule has 3 aromatic carbocycles. The molecular formula is C31H29N3O4. The van der Waals surface area contributed by atoms with E-state index in [2.05, 4.69) is 10.1 Å². The average molecular weight is 508 g/mol. The van der Waals surface area contributed by atoms with Crippen molar-refractivity contribution in [2.24, 2.45) is 5.10 Å². The molecular weight excluding hydrogens is 478 g/mol. The average Bonchev–Trinajstić information content (AvgIpc) is 3.58. The number of methoxy groups -OCH3 is 1. The highest BCUT2D eigenvalue weighted by Crippen LogP contribution is 2.34. The summed E-state index contributed by atoms with van der Waals surface area (Å²) in [5.74, 6) is -0.146. The minimum absolute atomic E-state index is 0.301. The van der Waals surface area contributed by atoms with Crippen LogP contribution in [0.25, 0.3) is 10.9 Å². The molecule has 0 unspecified atom stereocenters. The quantitative estimate of drug-likeness (QED) is 0.345. The van der Waals surface area contributed by atoms with Gasteiger partial charge in [-0.25, -0.2) is 9.80 Å². The SMILES string of the molecule is COc1ccc([C@@H]2CC(c3ccccc3)=NN2C(=O)COC(=O)c2ccc3[nH]c4c(c3c2)CCCC4)cc1. The van der Waals surface area contributed by atoms with Crippen molar-refractivity contribution in [1.29, 1.82) is 0 Å². The molecule has 0 spiro atoms. The first-order valence-electron chi connectivity index (χ1n) is 13.0. The van der Waals surface area contributed by atoms with Crippen molar-refractivity contribution in [3.63, 3.8) is 0 Å². The van der Waals surface area contributed by atoms with E-state index in [4.69, 9.17) is 9.47 Å². The highest BCUT2D eigenvalue weighted by Gasteiger charge is 2.33. The van der Waals surface area contributed by atoms with Gasteiger partial charge in [0.25, 0.3) is 5.91 Å². The summed E-state index contributed by atoms with van der Waals surface area (Å²) in [7, 11) is 1.62. The number of nitrogens with zero attached hydrogens (tertiary/aromatic N) is 2. The molecule has 1 atom stereocenters. The van der Waals surface area contributed by atoms with Crippen molar-refractivity contribution in [3.8, 4) is 5.75 Å². The number of carbonyl (C=O) groups is 2. The summed E-state index contributed by atoms with van der Waals surface area (Å²) in [6, 6.07) is 22.7. The molecule has 1 amide bonds. The number of rotatable bonds is 6. The maximum absolute atomic E-state index is 13.3. The number of amides is 1.